The van der Waals surface area contributed by atoms with Crippen LogP contribution in [-0.4, -0.2) is 10.4 Å². The predicted octanol–water partition coefficient (Wildman–Crippen LogP) is 0.271. The highest BCUT2D eigenvalue weighted by atomic mass is 32.1. The Kier molecular flexibility index (Phi) is 2.96. The van der Waals surface area contributed by atoms with Gasteiger partial charge in [-0.25, -0.2) is 10.2 Å². The second kappa shape index (κ2) is 3.38. The van der Waals surface area contributed by atoms with Gasteiger partial charge in [0.2, 0.25) is 5.23 Å². The minimum absolute atomic E-state index is 0.574. The van der Waals surface area contributed by atoms with E-state index in [-0.39, 0.29) is 0 Å². The summed E-state index contributed by atoms with van der Waals surface area (Å²) in [4.78, 5) is 9.06. The van der Waals surface area contributed by atoms with Gasteiger partial charge in [-0.2, -0.15) is 0 Å². The second-order valence-electron chi connectivity index (χ2n) is 0.287. The number of hydrogen-bond donors (Lipinski definition) is 1. The average Bonchev–Trinajstić information content (AvgIpc) is 1.41. The van der Waals surface area contributed by atoms with Crippen LogP contribution in [0.15, 0.2) is 0 Å². The lowest BCUT2D eigenvalue weighted by Crippen LogP contribution is -1.23. The summed E-state index contributed by atoms with van der Waals surface area (Å²) in [5.74, 6) is 0. The molecule has 0 radical (unpaired) electrons. The summed E-state index contributed by atoms with van der Waals surface area (Å²) in [6.45, 7) is 0. The maximum Gasteiger partial charge on any atom is 0.201 e. The third kappa shape index (κ3) is 3.38. The number of hydrogen-bond acceptors (Lipinski definition) is 2. The lowest BCUT2D eigenvalue weighted by Gasteiger charge is -1.21. The van der Waals surface area contributed by atoms with Crippen LogP contribution < -0.4 is 0 Å². The molecule has 0 spiro atoms. The summed E-state index contributed by atoms with van der Waals surface area (Å²) in [6, 6.07) is 0. The van der Waals surface area contributed by atoms with E-state index in [4.69, 9.17) is 10.2 Å². The van der Waals surface area contributed by atoms with Gasteiger partial charge >= 0.3 is 0 Å². The zero-order chi connectivity index (χ0) is 4.12. The minimum atomic E-state index is 0.574. The van der Waals surface area contributed by atoms with E-state index in [1.807, 2.05) is 0 Å². The smallest absolute Gasteiger partial charge is 0.201 e. The first-order chi connectivity index (χ1) is 2.41. The largest absolute Gasteiger partial charge is 0.249 e. The molecule has 3 heteroatoms. The van der Waals surface area contributed by atoms with Crippen LogP contribution in [0.1, 0.15) is 0 Å². The molecule has 0 saturated carbocycles. The molecule has 0 aromatic heterocycles. The maximum absolute atomic E-state index is 9.06. The monoisotopic (exact) mass is 87.0 g/mol. The highest BCUT2D eigenvalue weighted by molar-refractivity contribution is 7.94. The zero-order valence-corrected chi connectivity index (χ0v) is 3.13. The number of rotatable bonds is 0. The molecule has 0 atom stereocenters. The Morgan fingerprint density at radius 1 is 1.80 bits per heavy atom. The van der Waals surface area contributed by atoms with E-state index in [1.165, 1.54) is 5.23 Å². The average molecular weight is 87.1 g/mol. The molecule has 0 amide bonds. The van der Waals surface area contributed by atoms with Crippen LogP contribution in [0.3, 0.4) is 0 Å². The van der Waals surface area contributed by atoms with E-state index < -0.39 is 0 Å². The summed E-state index contributed by atoms with van der Waals surface area (Å²) in [5, 5.41) is 9.20. The highest BCUT2D eigenvalue weighted by Gasteiger charge is 1.27. The normalized spacial score (nSPS) is 4.00. The van der Waals surface area contributed by atoms with Gasteiger partial charge in [0.25, 0.3) is 0 Å². The zero-order valence-electron chi connectivity index (χ0n) is 2.32. The van der Waals surface area contributed by atoms with E-state index in [0.717, 1.165) is 0 Å². The van der Waals surface area contributed by atoms with Gasteiger partial charge in [-0.1, -0.05) is 0 Å². The molecule has 0 aromatic rings. The Bertz CT molecular complexity index is 102. The van der Waals surface area contributed by atoms with Crippen LogP contribution in [0, 0.1) is 5.41 Å². The lowest BCUT2D eigenvalue weighted by molar-refractivity contribution is 0.572. The van der Waals surface area contributed by atoms with Crippen molar-refractivity contribution < 1.29 is 4.79 Å². The highest BCUT2D eigenvalue weighted by Crippen LogP contribution is 1.40. The topological polar surface area (TPSA) is 40.9 Å². The maximum atomic E-state index is 9.06. The molecule has 0 rings (SSSR count). The molecule has 0 aliphatic rings. The fraction of sp³-hybridized carbons (Fsp3) is 0. The first kappa shape index (κ1) is 4.38. The molecule has 1 N–H and O–H groups in total. The molecule has 0 bridgehead atoms. The Hall–Kier alpha value is -0.620. The number of nitrogens with one attached hydrogen (secondary N) is 1. The van der Waals surface area contributed by atoms with Gasteiger partial charge in [-0.3, -0.25) is 0 Å². The van der Waals surface area contributed by atoms with Crippen molar-refractivity contribution in [1.29, 1.82) is 5.41 Å². The number of carbonyl (C=O) groups excluding carboxylic acids is 1. The van der Waals surface area contributed by atoms with E-state index in [2.05, 4.69) is 0 Å². The summed E-state index contributed by atoms with van der Waals surface area (Å²) in [6.07, 6.45) is 0. The molecule has 26 valence electrons. The Morgan fingerprint density at radius 3 is 2.40 bits per heavy atom. The summed E-state index contributed by atoms with van der Waals surface area (Å²) < 4.78 is 0. The SMILES string of the molecule is N=C=S=C=O. The van der Waals surface area contributed by atoms with Crippen LogP contribution in [0.5, 0.6) is 0 Å². The first-order valence-corrected chi connectivity index (χ1v) is 1.68. The van der Waals surface area contributed by atoms with Crippen molar-refractivity contribution in [3.05, 3.63) is 0 Å². The van der Waals surface area contributed by atoms with E-state index >= 15 is 0 Å². The Labute approximate surface area is 32.5 Å². The van der Waals surface area contributed by atoms with Crippen LogP contribution in [0.4, 0.5) is 0 Å². The molecular weight excluding hydrogens is 86.1 g/mol. The molecule has 0 aromatic carbocycles. The Balaban J connectivity index is 4.38. The van der Waals surface area contributed by atoms with Crippen molar-refractivity contribution in [3.63, 3.8) is 0 Å². The van der Waals surface area contributed by atoms with Crippen molar-refractivity contribution in [2.45, 2.75) is 0 Å². The van der Waals surface area contributed by atoms with Gasteiger partial charge in [0.1, 0.15) is 0 Å². The third-order valence-corrected chi connectivity index (χ3v) is 0.278. The fourth-order valence-corrected chi connectivity index (χ4v) is 0.0625. The summed E-state index contributed by atoms with van der Waals surface area (Å²) in [7, 11) is 0.574. The quantitative estimate of drug-likeness (QED) is 0.334. The predicted molar refractivity (Wildman–Crippen MR) is 21.0 cm³/mol. The minimum Gasteiger partial charge on any atom is -0.249 e. The van der Waals surface area contributed by atoms with Crippen molar-refractivity contribution in [2.24, 2.45) is 0 Å². The van der Waals surface area contributed by atoms with Crippen molar-refractivity contribution in [2.75, 3.05) is 0 Å². The van der Waals surface area contributed by atoms with Gasteiger partial charge < -0.3 is 0 Å². The van der Waals surface area contributed by atoms with E-state index in [0.29, 0.717) is 10.9 Å². The molecule has 0 unspecified atom stereocenters. The van der Waals surface area contributed by atoms with Crippen LogP contribution in [0.25, 0.3) is 0 Å². The van der Waals surface area contributed by atoms with Crippen molar-refractivity contribution in [3.8, 4) is 0 Å². The molecule has 0 heterocycles. The van der Waals surface area contributed by atoms with Gasteiger partial charge in [0, 0.05) is 10.9 Å². The standard InChI is InChI=1S/C2HNOS/c3-1-5-2-4/h3H. The third-order valence-electron chi connectivity index (χ3n) is 0.0927. The summed E-state index contributed by atoms with van der Waals surface area (Å²) >= 11 is 0. The van der Waals surface area contributed by atoms with Crippen LogP contribution in [-0.2, 0) is 4.79 Å². The van der Waals surface area contributed by atoms with E-state index in [1.54, 1.807) is 5.16 Å². The molecule has 0 aliphatic heterocycles. The number of isothiocyanates is 1. The van der Waals surface area contributed by atoms with Crippen LogP contribution >= 0.6 is 10.9 Å². The molecule has 2 nitrogen and oxygen atoms in total. The first-order valence-electron chi connectivity index (χ1n) is 0.862. The lowest BCUT2D eigenvalue weighted by atomic mass is 11.8. The van der Waals surface area contributed by atoms with Crippen LogP contribution in [0.2, 0.25) is 0 Å². The van der Waals surface area contributed by atoms with Crippen molar-refractivity contribution >= 4 is 21.3 Å². The molecular formula is C2HNOS. The van der Waals surface area contributed by atoms with E-state index in [9.17, 15) is 0 Å². The van der Waals surface area contributed by atoms with Gasteiger partial charge in [0.15, 0.2) is 0 Å². The molecule has 0 fully saturated rings. The molecule has 0 saturated heterocycles. The van der Waals surface area contributed by atoms with Gasteiger partial charge in [0.05, 0.1) is 5.16 Å². The second-order valence-corrected chi connectivity index (χ2v) is 0.862. The summed E-state index contributed by atoms with van der Waals surface area (Å²) in [5.41, 5.74) is 0. The fourth-order valence-electron chi connectivity index (χ4n) is 0.0208. The molecule has 0 aliphatic carbocycles. The van der Waals surface area contributed by atoms with Gasteiger partial charge in [-0.15, -0.1) is 0 Å². The molecule has 5 heavy (non-hydrogen) atoms. The van der Waals surface area contributed by atoms with Gasteiger partial charge in [-0.05, 0) is 0 Å². The van der Waals surface area contributed by atoms with Crippen molar-refractivity contribution in [1.82, 2.24) is 0 Å². The Morgan fingerprint density at radius 2 is 2.40 bits per heavy atom.